The van der Waals surface area contributed by atoms with Gasteiger partial charge in [0, 0.05) is 6.54 Å². The number of ketones is 1. The molecule has 0 amide bonds. The Balaban J connectivity index is 2.52. The van der Waals surface area contributed by atoms with Crippen LogP contribution in [0.15, 0.2) is 18.2 Å². The summed E-state index contributed by atoms with van der Waals surface area (Å²) in [6.45, 7) is 5.08. The van der Waals surface area contributed by atoms with Crippen LogP contribution in [0, 0.1) is 6.92 Å². The average Bonchev–Trinajstić information content (AvgIpc) is 2.25. The molecule has 0 atom stereocenters. The summed E-state index contributed by atoms with van der Waals surface area (Å²) < 4.78 is 5.22. The predicted molar refractivity (Wildman–Crippen MR) is 69.6 cm³/mol. The summed E-state index contributed by atoms with van der Waals surface area (Å²) >= 11 is 0. The van der Waals surface area contributed by atoms with Gasteiger partial charge in [0.2, 0.25) is 0 Å². The van der Waals surface area contributed by atoms with Gasteiger partial charge in [-0.25, -0.2) is 0 Å². The van der Waals surface area contributed by atoms with Crippen molar-refractivity contribution in [2.75, 3.05) is 27.2 Å². The first-order valence-electron chi connectivity index (χ1n) is 5.84. The zero-order chi connectivity index (χ0) is 12.8. The highest BCUT2D eigenvalue weighted by Crippen LogP contribution is 2.18. The number of carbonyl (C=O) groups excluding carboxylic acids is 1. The Labute approximate surface area is 103 Å². The van der Waals surface area contributed by atoms with E-state index >= 15 is 0 Å². The molecule has 1 aromatic carbocycles. The molecule has 94 valence electrons. The molecule has 0 heterocycles. The number of methoxy groups -OCH3 is 1. The van der Waals surface area contributed by atoms with Gasteiger partial charge in [0.15, 0.2) is 0 Å². The van der Waals surface area contributed by atoms with Crippen molar-refractivity contribution in [2.45, 2.75) is 20.3 Å². The fourth-order valence-electron chi connectivity index (χ4n) is 1.88. The fraction of sp³-hybridized carbons (Fsp3) is 0.500. The van der Waals surface area contributed by atoms with Crippen LogP contribution in [0.4, 0.5) is 0 Å². The van der Waals surface area contributed by atoms with Crippen LogP contribution in [0.5, 0.6) is 5.75 Å². The molecule has 1 rings (SSSR count). The number of likely N-dealkylation sites (N-methyl/N-ethyl adjacent to an activating group) is 1. The van der Waals surface area contributed by atoms with Crippen LogP contribution in [0.3, 0.4) is 0 Å². The maximum absolute atomic E-state index is 10.9. The second kappa shape index (κ2) is 6.40. The summed E-state index contributed by atoms with van der Waals surface area (Å²) in [5.41, 5.74) is 2.43. The van der Waals surface area contributed by atoms with Crippen molar-refractivity contribution in [3.05, 3.63) is 29.3 Å². The lowest BCUT2D eigenvalue weighted by Crippen LogP contribution is -2.26. The molecule has 3 heteroatoms. The largest absolute Gasteiger partial charge is 0.496 e. The van der Waals surface area contributed by atoms with E-state index in [4.69, 9.17) is 4.74 Å². The van der Waals surface area contributed by atoms with Gasteiger partial charge in [-0.2, -0.15) is 0 Å². The van der Waals surface area contributed by atoms with Crippen LogP contribution in [-0.4, -0.2) is 37.9 Å². The zero-order valence-electron chi connectivity index (χ0n) is 11.1. The first kappa shape index (κ1) is 13.7. The molecular weight excluding hydrogens is 214 g/mol. The molecule has 0 unspecified atom stereocenters. The van der Waals surface area contributed by atoms with E-state index in [0.717, 1.165) is 24.3 Å². The highest BCUT2D eigenvalue weighted by molar-refractivity contribution is 5.77. The summed E-state index contributed by atoms with van der Waals surface area (Å²) in [5.74, 6) is 1.13. The van der Waals surface area contributed by atoms with Crippen molar-refractivity contribution < 1.29 is 9.53 Å². The predicted octanol–water partition coefficient (Wildman–Crippen LogP) is 2.07. The Hall–Kier alpha value is -1.35. The zero-order valence-corrected chi connectivity index (χ0v) is 11.1. The van der Waals surface area contributed by atoms with Gasteiger partial charge in [0.05, 0.1) is 13.7 Å². The molecule has 17 heavy (non-hydrogen) atoms. The summed E-state index contributed by atoms with van der Waals surface area (Å²) in [6.07, 6.45) is 0.953. The van der Waals surface area contributed by atoms with Crippen molar-refractivity contribution in [2.24, 2.45) is 0 Å². The number of aryl methyl sites for hydroxylation is 1. The number of hydrogen-bond acceptors (Lipinski definition) is 3. The molecule has 1 aromatic rings. The second-order valence-corrected chi connectivity index (χ2v) is 4.49. The van der Waals surface area contributed by atoms with Gasteiger partial charge < -0.3 is 4.74 Å². The minimum atomic E-state index is 0.207. The van der Waals surface area contributed by atoms with E-state index in [0.29, 0.717) is 6.54 Å². The standard InChI is InChI=1S/C14H21NO2/c1-11-9-13(5-6-14(11)17-4)7-8-15(3)10-12(2)16/h5-6,9H,7-8,10H2,1-4H3. The van der Waals surface area contributed by atoms with Crippen LogP contribution in [-0.2, 0) is 11.2 Å². The molecule has 0 fully saturated rings. The van der Waals surface area contributed by atoms with E-state index < -0.39 is 0 Å². The Morgan fingerprint density at radius 3 is 2.65 bits per heavy atom. The van der Waals surface area contributed by atoms with Gasteiger partial charge in [-0.05, 0) is 44.5 Å². The number of ether oxygens (including phenoxy) is 1. The lowest BCUT2D eigenvalue weighted by Gasteiger charge is -2.15. The minimum absolute atomic E-state index is 0.207. The molecule has 0 radical (unpaired) electrons. The monoisotopic (exact) mass is 235 g/mol. The third-order valence-electron chi connectivity index (χ3n) is 2.73. The highest BCUT2D eigenvalue weighted by Gasteiger charge is 2.04. The number of hydrogen-bond donors (Lipinski definition) is 0. The molecule has 0 aliphatic heterocycles. The number of benzene rings is 1. The molecule has 0 bridgehead atoms. The lowest BCUT2D eigenvalue weighted by atomic mass is 10.1. The van der Waals surface area contributed by atoms with Gasteiger partial charge in [0.1, 0.15) is 11.5 Å². The lowest BCUT2D eigenvalue weighted by molar-refractivity contribution is -0.117. The smallest absolute Gasteiger partial charge is 0.143 e. The first-order valence-corrected chi connectivity index (χ1v) is 5.84. The average molecular weight is 235 g/mol. The molecule has 0 N–H and O–H groups in total. The molecule has 0 aliphatic rings. The molecule has 0 aliphatic carbocycles. The van der Waals surface area contributed by atoms with E-state index in [1.54, 1.807) is 14.0 Å². The van der Waals surface area contributed by atoms with E-state index in [1.807, 2.05) is 24.9 Å². The van der Waals surface area contributed by atoms with E-state index in [1.165, 1.54) is 5.56 Å². The summed E-state index contributed by atoms with van der Waals surface area (Å²) in [7, 11) is 3.65. The first-order chi connectivity index (χ1) is 8.02. The van der Waals surface area contributed by atoms with Gasteiger partial charge in [-0.3, -0.25) is 9.69 Å². The minimum Gasteiger partial charge on any atom is -0.496 e. The quantitative estimate of drug-likeness (QED) is 0.756. The van der Waals surface area contributed by atoms with Crippen molar-refractivity contribution >= 4 is 5.78 Å². The second-order valence-electron chi connectivity index (χ2n) is 4.49. The van der Waals surface area contributed by atoms with Crippen LogP contribution >= 0.6 is 0 Å². The summed E-state index contributed by atoms with van der Waals surface area (Å²) in [4.78, 5) is 13.0. The Bertz CT molecular complexity index is 388. The highest BCUT2D eigenvalue weighted by atomic mass is 16.5. The number of rotatable bonds is 6. The van der Waals surface area contributed by atoms with Gasteiger partial charge in [-0.15, -0.1) is 0 Å². The fourth-order valence-corrected chi connectivity index (χ4v) is 1.88. The Morgan fingerprint density at radius 1 is 1.41 bits per heavy atom. The Kier molecular flexibility index (Phi) is 5.16. The van der Waals surface area contributed by atoms with Crippen molar-refractivity contribution in [1.82, 2.24) is 4.90 Å². The third kappa shape index (κ3) is 4.57. The van der Waals surface area contributed by atoms with Gasteiger partial charge in [0.25, 0.3) is 0 Å². The van der Waals surface area contributed by atoms with E-state index in [9.17, 15) is 4.79 Å². The van der Waals surface area contributed by atoms with Crippen LogP contribution in [0.1, 0.15) is 18.1 Å². The van der Waals surface area contributed by atoms with Gasteiger partial charge in [-0.1, -0.05) is 12.1 Å². The number of carbonyl (C=O) groups is 1. The molecule has 0 saturated carbocycles. The molecule has 0 saturated heterocycles. The number of Topliss-reactive ketones (excluding diaryl/α,β-unsaturated/α-hetero) is 1. The van der Waals surface area contributed by atoms with Crippen LogP contribution < -0.4 is 4.74 Å². The molecule has 0 spiro atoms. The SMILES string of the molecule is COc1ccc(CCN(C)CC(C)=O)cc1C. The maximum Gasteiger partial charge on any atom is 0.143 e. The van der Waals surface area contributed by atoms with Crippen molar-refractivity contribution in [3.8, 4) is 5.75 Å². The van der Waals surface area contributed by atoms with Crippen LogP contribution in [0.2, 0.25) is 0 Å². The number of nitrogens with zero attached hydrogens (tertiary/aromatic N) is 1. The molecular formula is C14H21NO2. The maximum atomic E-state index is 10.9. The third-order valence-corrected chi connectivity index (χ3v) is 2.73. The summed E-state index contributed by atoms with van der Waals surface area (Å²) in [6, 6.07) is 6.21. The van der Waals surface area contributed by atoms with Crippen LogP contribution in [0.25, 0.3) is 0 Å². The van der Waals surface area contributed by atoms with Crippen molar-refractivity contribution in [1.29, 1.82) is 0 Å². The Morgan fingerprint density at radius 2 is 2.12 bits per heavy atom. The topological polar surface area (TPSA) is 29.5 Å². The molecule has 3 nitrogen and oxygen atoms in total. The van der Waals surface area contributed by atoms with E-state index in [2.05, 4.69) is 12.1 Å². The van der Waals surface area contributed by atoms with E-state index in [-0.39, 0.29) is 5.78 Å². The summed E-state index contributed by atoms with van der Waals surface area (Å²) in [5, 5.41) is 0. The van der Waals surface area contributed by atoms with Crippen molar-refractivity contribution in [3.63, 3.8) is 0 Å². The van der Waals surface area contributed by atoms with Gasteiger partial charge >= 0.3 is 0 Å². The molecule has 0 aromatic heterocycles. The normalized spacial score (nSPS) is 10.6.